The van der Waals surface area contributed by atoms with E-state index in [9.17, 15) is 18.8 Å². The lowest BCUT2D eigenvalue weighted by Gasteiger charge is -2.17. The normalized spacial score (nSPS) is 10.2. The highest BCUT2D eigenvalue weighted by Gasteiger charge is 2.16. The van der Waals surface area contributed by atoms with Gasteiger partial charge in [0.1, 0.15) is 5.82 Å². The smallest absolute Gasteiger partial charge is 0.338 e. The van der Waals surface area contributed by atoms with Crippen molar-refractivity contribution < 1.29 is 23.5 Å². The maximum atomic E-state index is 12.8. The predicted octanol–water partition coefficient (Wildman–Crippen LogP) is 3.39. The zero-order valence-electron chi connectivity index (χ0n) is 14.2. The van der Waals surface area contributed by atoms with Crippen LogP contribution in [0.4, 0.5) is 10.1 Å². The molecule has 0 saturated carbocycles. The monoisotopic (exact) mass is 412 g/mol. The van der Waals surface area contributed by atoms with E-state index in [0.717, 1.165) is 4.90 Å². The van der Waals surface area contributed by atoms with Crippen molar-refractivity contribution in [1.82, 2.24) is 4.90 Å². The van der Waals surface area contributed by atoms with Crippen molar-refractivity contribution >= 4 is 46.7 Å². The largest absolute Gasteiger partial charge is 0.452 e. The third-order valence-corrected chi connectivity index (χ3v) is 3.80. The van der Waals surface area contributed by atoms with Gasteiger partial charge in [-0.1, -0.05) is 23.2 Å². The molecule has 0 bridgehead atoms. The summed E-state index contributed by atoms with van der Waals surface area (Å²) < 4.78 is 17.7. The number of nitrogens with one attached hydrogen (secondary N) is 1. The Bertz CT molecular complexity index is 839. The first-order valence-corrected chi connectivity index (χ1v) is 8.43. The van der Waals surface area contributed by atoms with Crippen molar-refractivity contribution in [1.29, 1.82) is 0 Å². The standard InChI is InChI=1S/C18H15Cl2FN2O4/c1-23(9-16(24)22-15-4-2-14(21)3-5-15)17(25)10-27-18(26)11-6-12(19)8-13(20)7-11/h2-8H,9-10H2,1H3,(H,22,24). The van der Waals surface area contributed by atoms with Gasteiger partial charge in [-0.25, -0.2) is 9.18 Å². The SMILES string of the molecule is CN(CC(=O)Nc1ccc(F)cc1)C(=O)COC(=O)c1cc(Cl)cc(Cl)c1. The van der Waals surface area contributed by atoms with Gasteiger partial charge in [-0.15, -0.1) is 0 Å². The number of anilines is 1. The van der Waals surface area contributed by atoms with Crippen LogP contribution in [-0.4, -0.2) is 42.9 Å². The Morgan fingerprint density at radius 3 is 2.26 bits per heavy atom. The number of hydrogen-bond acceptors (Lipinski definition) is 4. The van der Waals surface area contributed by atoms with Gasteiger partial charge in [0, 0.05) is 22.8 Å². The molecule has 9 heteroatoms. The van der Waals surface area contributed by atoms with Gasteiger partial charge in [0.05, 0.1) is 12.1 Å². The molecule has 0 fully saturated rings. The number of likely N-dealkylation sites (N-methyl/N-ethyl adjacent to an activating group) is 1. The third-order valence-electron chi connectivity index (χ3n) is 3.36. The lowest BCUT2D eigenvalue weighted by Crippen LogP contribution is -2.37. The van der Waals surface area contributed by atoms with Crippen LogP contribution in [0, 0.1) is 5.82 Å². The Hall–Kier alpha value is -2.64. The summed E-state index contributed by atoms with van der Waals surface area (Å²) in [4.78, 5) is 37.0. The number of carbonyl (C=O) groups excluding carboxylic acids is 3. The topological polar surface area (TPSA) is 75.7 Å². The number of halogens is 3. The number of nitrogens with zero attached hydrogens (tertiary/aromatic N) is 1. The fourth-order valence-electron chi connectivity index (χ4n) is 2.03. The lowest BCUT2D eigenvalue weighted by molar-refractivity contribution is -0.136. The number of benzene rings is 2. The minimum absolute atomic E-state index is 0.108. The highest BCUT2D eigenvalue weighted by Crippen LogP contribution is 2.19. The van der Waals surface area contributed by atoms with Crippen LogP contribution in [0.5, 0.6) is 0 Å². The second kappa shape index (κ2) is 9.34. The molecule has 2 amide bonds. The van der Waals surface area contributed by atoms with E-state index in [4.69, 9.17) is 27.9 Å². The predicted molar refractivity (Wildman–Crippen MR) is 99.4 cm³/mol. The van der Waals surface area contributed by atoms with Gasteiger partial charge < -0.3 is 15.0 Å². The highest BCUT2D eigenvalue weighted by molar-refractivity contribution is 6.35. The molecule has 142 valence electrons. The average Bonchev–Trinajstić information content (AvgIpc) is 2.60. The summed E-state index contributed by atoms with van der Waals surface area (Å²) in [5.74, 6) is -2.25. The second-order valence-corrected chi connectivity index (χ2v) is 6.41. The molecular formula is C18H15Cl2FN2O4. The molecular weight excluding hydrogens is 398 g/mol. The number of rotatable bonds is 6. The zero-order chi connectivity index (χ0) is 20.0. The number of carbonyl (C=O) groups is 3. The molecule has 2 rings (SSSR count). The van der Waals surface area contributed by atoms with E-state index >= 15 is 0 Å². The highest BCUT2D eigenvalue weighted by atomic mass is 35.5. The van der Waals surface area contributed by atoms with Crippen LogP contribution < -0.4 is 5.32 Å². The van der Waals surface area contributed by atoms with Gasteiger partial charge in [-0.2, -0.15) is 0 Å². The van der Waals surface area contributed by atoms with Crippen LogP contribution in [-0.2, 0) is 14.3 Å². The fraction of sp³-hybridized carbons (Fsp3) is 0.167. The maximum absolute atomic E-state index is 12.8. The van der Waals surface area contributed by atoms with E-state index in [0.29, 0.717) is 5.69 Å². The van der Waals surface area contributed by atoms with Crippen molar-refractivity contribution in [2.24, 2.45) is 0 Å². The summed E-state index contributed by atoms with van der Waals surface area (Å²) in [5.41, 5.74) is 0.503. The molecule has 0 atom stereocenters. The molecule has 0 aliphatic heterocycles. The van der Waals surface area contributed by atoms with E-state index in [-0.39, 0.29) is 22.2 Å². The Morgan fingerprint density at radius 2 is 1.67 bits per heavy atom. The van der Waals surface area contributed by atoms with Crippen molar-refractivity contribution in [3.8, 4) is 0 Å². The molecule has 2 aromatic rings. The summed E-state index contributed by atoms with van der Waals surface area (Å²) in [5, 5.41) is 3.04. The quantitative estimate of drug-likeness (QED) is 0.737. The molecule has 0 aliphatic carbocycles. The number of esters is 1. The van der Waals surface area contributed by atoms with Gasteiger partial charge in [-0.3, -0.25) is 9.59 Å². The van der Waals surface area contributed by atoms with Gasteiger partial charge in [0.2, 0.25) is 5.91 Å². The van der Waals surface area contributed by atoms with Gasteiger partial charge in [0.15, 0.2) is 6.61 Å². The van der Waals surface area contributed by atoms with Gasteiger partial charge >= 0.3 is 5.97 Å². The Labute approximate surface area is 164 Å². The average molecular weight is 413 g/mol. The third kappa shape index (κ3) is 6.54. The molecule has 0 unspecified atom stereocenters. The molecule has 0 spiro atoms. The summed E-state index contributed by atoms with van der Waals surface area (Å²) in [6.45, 7) is -0.819. The van der Waals surface area contributed by atoms with E-state index in [2.05, 4.69) is 5.32 Å². The van der Waals surface area contributed by atoms with E-state index in [1.165, 1.54) is 49.5 Å². The van der Waals surface area contributed by atoms with Gasteiger partial charge in [-0.05, 0) is 42.5 Å². The molecule has 27 heavy (non-hydrogen) atoms. The minimum atomic E-state index is -0.767. The Kier molecular flexibility index (Phi) is 7.15. The second-order valence-electron chi connectivity index (χ2n) is 5.54. The minimum Gasteiger partial charge on any atom is -0.452 e. The first-order valence-electron chi connectivity index (χ1n) is 7.67. The fourth-order valence-corrected chi connectivity index (χ4v) is 2.56. The number of amides is 2. The van der Waals surface area contributed by atoms with Crippen molar-refractivity contribution in [3.63, 3.8) is 0 Å². The van der Waals surface area contributed by atoms with Crippen LogP contribution in [0.1, 0.15) is 10.4 Å². The summed E-state index contributed by atoms with van der Waals surface area (Å²) in [6.07, 6.45) is 0. The molecule has 1 N–H and O–H groups in total. The van der Waals surface area contributed by atoms with Crippen molar-refractivity contribution in [2.45, 2.75) is 0 Å². The van der Waals surface area contributed by atoms with Crippen LogP contribution in [0.25, 0.3) is 0 Å². The number of hydrogen-bond donors (Lipinski definition) is 1. The first kappa shape index (κ1) is 20.7. The molecule has 0 heterocycles. The van der Waals surface area contributed by atoms with Crippen LogP contribution >= 0.6 is 23.2 Å². The molecule has 2 aromatic carbocycles. The maximum Gasteiger partial charge on any atom is 0.338 e. The van der Waals surface area contributed by atoms with Gasteiger partial charge in [0.25, 0.3) is 5.91 Å². The van der Waals surface area contributed by atoms with E-state index in [1.54, 1.807) is 0 Å². The van der Waals surface area contributed by atoms with E-state index in [1.807, 2.05) is 0 Å². The Morgan fingerprint density at radius 1 is 1.07 bits per heavy atom. The molecule has 0 saturated heterocycles. The summed E-state index contributed by atoms with van der Waals surface area (Å²) in [6, 6.07) is 9.37. The van der Waals surface area contributed by atoms with E-state index < -0.39 is 30.2 Å². The van der Waals surface area contributed by atoms with Crippen molar-refractivity contribution in [3.05, 3.63) is 63.9 Å². The molecule has 0 aromatic heterocycles. The van der Waals surface area contributed by atoms with Crippen LogP contribution in [0.2, 0.25) is 10.0 Å². The van der Waals surface area contributed by atoms with Crippen molar-refractivity contribution in [2.75, 3.05) is 25.5 Å². The van der Waals surface area contributed by atoms with Crippen LogP contribution in [0.15, 0.2) is 42.5 Å². The molecule has 0 radical (unpaired) electrons. The lowest BCUT2D eigenvalue weighted by atomic mass is 10.2. The first-order chi connectivity index (χ1) is 12.7. The number of ether oxygens (including phenoxy) is 1. The molecule has 0 aliphatic rings. The Balaban J connectivity index is 1.83. The van der Waals surface area contributed by atoms with Crippen LogP contribution in [0.3, 0.4) is 0 Å². The summed E-state index contributed by atoms with van der Waals surface area (Å²) in [7, 11) is 1.39. The molecule has 6 nitrogen and oxygen atoms in total. The summed E-state index contributed by atoms with van der Waals surface area (Å²) >= 11 is 11.6. The zero-order valence-corrected chi connectivity index (χ0v) is 15.7.